The van der Waals surface area contributed by atoms with Crippen molar-refractivity contribution in [3.05, 3.63) is 78.1 Å². The summed E-state index contributed by atoms with van der Waals surface area (Å²) in [5.74, 6) is 1.21. The van der Waals surface area contributed by atoms with Crippen LogP contribution >= 0.6 is 0 Å². The summed E-state index contributed by atoms with van der Waals surface area (Å²) in [6.07, 6.45) is 2.31. The third-order valence-electron chi connectivity index (χ3n) is 6.27. The Morgan fingerprint density at radius 3 is 2.29 bits per heavy atom. The number of piperidine rings is 3. The summed E-state index contributed by atoms with van der Waals surface area (Å²) in [4.78, 5) is 27.4. The molecule has 0 radical (unpaired) electrons. The second-order valence-electron chi connectivity index (χ2n) is 8.28. The molecule has 2 amide bonds. The molecule has 3 aliphatic rings. The SMILES string of the molecule is O=C(Nc1ccc(-c2ccc(C(=O)NC3CN4CCC3CC4)o2)cc1)c1ccccc1. The van der Waals surface area contributed by atoms with Crippen molar-refractivity contribution in [3.8, 4) is 11.3 Å². The first-order chi connectivity index (χ1) is 15.2. The van der Waals surface area contributed by atoms with E-state index in [0.29, 0.717) is 28.7 Å². The van der Waals surface area contributed by atoms with Gasteiger partial charge in [0.25, 0.3) is 11.8 Å². The number of rotatable bonds is 5. The van der Waals surface area contributed by atoms with Gasteiger partial charge in [-0.25, -0.2) is 0 Å². The van der Waals surface area contributed by atoms with Crippen molar-refractivity contribution >= 4 is 17.5 Å². The number of benzene rings is 2. The van der Waals surface area contributed by atoms with E-state index < -0.39 is 0 Å². The quantitative estimate of drug-likeness (QED) is 0.660. The highest BCUT2D eigenvalue weighted by Crippen LogP contribution is 2.28. The fourth-order valence-corrected chi connectivity index (χ4v) is 4.49. The standard InChI is InChI=1S/C25H25N3O3/c29-24(19-4-2-1-3-5-19)26-20-8-6-18(7-9-20)22-10-11-23(31-22)25(30)27-21-16-28-14-12-17(21)13-15-28/h1-11,17,21H,12-16H2,(H,26,29)(H,27,30). The summed E-state index contributed by atoms with van der Waals surface area (Å²) in [7, 11) is 0. The van der Waals surface area contributed by atoms with Crippen molar-refractivity contribution in [2.75, 3.05) is 25.0 Å². The van der Waals surface area contributed by atoms with E-state index in [1.165, 1.54) is 0 Å². The van der Waals surface area contributed by atoms with Crippen LogP contribution in [0.2, 0.25) is 0 Å². The molecule has 3 saturated heterocycles. The van der Waals surface area contributed by atoms with Crippen molar-refractivity contribution in [3.63, 3.8) is 0 Å². The topological polar surface area (TPSA) is 74.6 Å². The van der Waals surface area contributed by atoms with Gasteiger partial charge in [-0.2, -0.15) is 0 Å². The van der Waals surface area contributed by atoms with Crippen LogP contribution in [0.1, 0.15) is 33.8 Å². The molecule has 2 bridgehead atoms. The van der Waals surface area contributed by atoms with Gasteiger partial charge in [0.1, 0.15) is 5.76 Å². The van der Waals surface area contributed by atoms with E-state index in [2.05, 4.69) is 15.5 Å². The Morgan fingerprint density at radius 2 is 1.61 bits per heavy atom. The lowest BCUT2D eigenvalue weighted by molar-refractivity contribution is 0.0606. The number of hydrogen-bond acceptors (Lipinski definition) is 4. The minimum atomic E-state index is -0.156. The van der Waals surface area contributed by atoms with Crippen LogP contribution in [-0.2, 0) is 0 Å². The minimum Gasteiger partial charge on any atom is -0.451 e. The minimum absolute atomic E-state index is 0.155. The molecule has 3 fully saturated rings. The predicted octanol–water partition coefficient (Wildman–Crippen LogP) is 4.02. The van der Waals surface area contributed by atoms with Crippen molar-refractivity contribution in [1.29, 1.82) is 0 Å². The Bertz CT molecular complexity index is 1070. The molecule has 31 heavy (non-hydrogen) atoms. The van der Waals surface area contributed by atoms with Crippen molar-refractivity contribution in [2.24, 2.45) is 5.92 Å². The summed E-state index contributed by atoms with van der Waals surface area (Å²) >= 11 is 0. The van der Waals surface area contributed by atoms with Crippen molar-refractivity contribution < 1.29 is 14.0 Å². The molecule has 0 spiro atoms. The molecule has 6 heteroatoms. The lowest BCUT2D eigenvalue weighted by Gasteiger charge is -2.44. The molecule has 2 N–H and O–H groups in total. The maximum Gasteiger partial charge on any atom is 0.287 e. The molecular formula is C25H25N3O3. The van der Waals surface area contributed by atoms with Crippen LogP contribution < -0.4 is 10.6 Å². The van der Waals surface area contributed by atoms with Crippen LogP contribution in [-0.4, -0.2) is 42.4 Å². The lowest BCUT2D eigenvalue weighted by Crippen LogP contribution is -2.57. The lowest BCUT2D eigenvalue weighted by atomic mass is 9.84. The van der Waals surface area contributed by atoms with Crippen LogP contribution in [0.15, 0.2) is 71.1 Å². The zero-order valence-electron chi connectivity index (χ0n) is 17.2. The number of nitrogens with one attached hydrogen (secondary N) is 2. The van der Waals surface area contributed by atoms with Crippen LogP contribution in [0.4, 0.5) is 5.69 Å². The Hall–Kier alpha value is -3.38. The van der Waals surface area contributed by atoms with Gasteiger partial charge in [0, 0.05) is 29.4 Å². The number of carbonyl (C=O) groups is 2. The van der Waals surface area contributed by atoms with Gasteiger partial charge in [-0.15, -0.1) is 0 Å². The normalized spacial score (nSPS) is 22.1. The number of furan rings is 1. The van der Waals surface area contributed by atoms with Crippen LogP contribution in [0, 0.1) is 5.92 Å². The van der Waals surface area contributed by atoms with E-state index in [9.17, 15) is 9.59 Å². The van der Waals surface area contributed by atoms with Gasteiger partial charge in [-0.3, -0.25) is 9.59 Å². The predicted molar refractivity (Wildman–Crippen MR) is 119 cm³/mol. The monoisotopic (exact) mass is 415 g/mol. The zero-order chi connectivity index (χ0) is 21.2. The third-order valence-corrected chi connectivity index (χ3v) is 6.27. The van der Waals surface area contributed by atoms with Gasteiger partial charge in [0.15, 0.2) is 5.76 Å². The molecule has 3 aliphatic heterocycles. The molecule has 0 aliphatic carbocycles. The molecule has 0 saturated carbocycles. The van der Waals surface area contributed by atoms with E-state index in [4.69, 9.17) is 4.42 Å². The first-order valence-corrected chi connectivity index (χ1v) is 10.8. The fraction of sp³-hybridized carbons (Fsp3) is 0.280. The average molecular weight is 415 g/mol. The molecular weight excluding hydrogens is 390 g/mol. The van der Waals surface area contributed by atoms with Crippen LogP contribution in [0.3, 0.4) is 0 Å². The van der Waals surface area contributed by atoms with Crippen LogP contribution in [0.25, 0.3) is 11.3 Å². The Balaban J connectivity index is 1.22. The maximum absolute atomic E-state index is 12.7. The molecule has 6 rings (SSSR count). The average Bonchev–Trinajstić information content (AvgIpc) is 3.31. The molecule has 1 unspecified atom stereocenters. The van der Waals surface area contributed by atoms with Crippen LogP contribution in [0.5, 0.6) is 0 Å². The summed E-state index contributed by atoms with van der Waals surface area (Å²) in [6, 6.07) is 20.2. The zero-order valence-corrected chi connectivity index (χ0v) is 17.2. The largest absolute Gasteiger partial charge is 0.451 e. The summed E-state index contributed by atoms with van der Waals surface area (Å²) in [6.45, 7) is 3.22. The summed E-state index contributed by atoms with van der Waals surface area (Å²) in [5.41, 5.74) is 2.15. The molecule has 2 aromatic carbocycles. The van der Waals surface area contributed by atoms with Gasteiger partial charge in [0.05, 0.1) is 0 Å². The molecule has 4 heterocycles. The van der Waals surface area contributed by atoms with Gasteiger partial charge in [-0.1, -0.05) is 18.2 Å². The first kappa shape index (κ1) is 19.6. The third kappa shape index (κ3) is 4.25. The van der Waals surface area contributed by atoms with E-state index in [1.807, 2.05) is 48.5 Å². The summed E-state index contributed by atoms with van der Waals surface area (Å²) in [5, 5.41) is 6.04. The van der Waals surface area contributed by atoms with E-state index >= 15 is 0 Å². The fourth-order valence-electron chi connectivity index (χ4n) is 4.49. The molecule has 3 aromatic rings. The number of fused-ring (bicyclic) bond motifs is 3. The van der Waals surface area contributed by atoms with Gasteiger partial charge in [-0.05, 0) is 80.4 Å². The molecule has 6 nitrogen and oxygen atoms in total. The molecule has 1 atom stereocenters. The molecule has 158 valence electrons. The Morgan fingerprint density at radius 1 is 0.871 bits per heavy atom. The van der Waals surface area contributed by atoms with Gasteiger partial charge >= 0.3 is 0 Å². The van der Waals surface area contributed by atoms with Crippen molar-refractivity contribution in [1.82, 2.24) is 10.2 Å². The number of anilines is 1. The van der Waals surface area contributed by atoms with Gasteiger partial charge < -0.3 is 20.0 Å². The first-order valence-electron chi connectivity index (χ1n) is 10.8. The number of amides is 2. The Kier molecular flexibility index (Phi) is 5.30. The van der Waals surface area contributed by atoms with E-state index in [1.54, 1.807) is 18.2 Å². The Labute approximate surface area is 181 Å². The maximum atomic E-state index is 12.7. The highest BCUT2D eigenvalue weighted by Gasteiger charge is 2.35. The number of nitrogens with zero attached hydrogens (tertiary/aromatic N) is 1. The number of carbonyl (C=O) groups excluding carboxylic acids is 2. The van der Waals surface area contributed by atoms with E-state index in [0.717, 1.165) is 38.0 Å². The highest BCUT2D eigenvalue weighted by atomic mass is 16.3. The number of hydrogen-bond donors (Lipinski definition) is 2. The van der Waals surface area contributed by atoms with Gasteiger partial charge in [0.2, 0.25) is 0 Å². The second-order valence-corrected chi connectivity index (χ2v) is 8.28. The molecule has 1 aromatic heterocycles. The highest BCUT2D eigenvalue weighted by molar-refractivity contribution is 6.04. The van der Waals surface area contributed by atoms with E-state index in [-0.39, 0.29) is 17.9 Å². The van der Waals surface area contributed by atoms with Crippen molar-refractivity contribution in [2.45, 2.75) is 18.9 Å². The smallest absolute Gasteiger partial charge is 0.287 e. The summed E-state index contributed by atoms with van der Waals surface area (Å²) < 4.78 is 5.83. The second kappa shape index (κ2) is 8.40.